The minimum Gasteiger partial charge on any atom is -0.493 e. The van der Waals surface area contributed by atoms with Gasteiger partial charge in [0.2, 0.25) is 0 Å². The minimum absolute atomic E-state index is 0.171. The van der Waals surface area contributed by atoms with Crippen molar-refractivity contribution >= 4 is 52.2 Å². The molecule has 0 spiro atoms. The molecule has 7 nitrogen and oxygen atoms in total. The van der Waals surface area contributed by atoms with Gasteiger partial charge in [-0.15, -0.1) is 0 Å². The molecule has 1 amide bonds. The fraction of sp³-hybridized carbons (Fsp3) is 0.190. The minimum atomic E-state index is -1.01. The number of rotatable bonds is 6. The number of amides is 1. The number of benzene rings is 2. The van der Waals surface area contributed by atoms with Crippen LogP contribution in [0.5, 0.6) is 11.5 Å². The molecule has 1 saturated heterocycles. The smallest absolute Gasteiger partial charge is 0.335 e. The van der Waals surface area contributed by atoms with Gasteiger partial charge in [0.25, 0.3) is 5.91 Å². The number of carbonyl (C=O) groups is 2. The number of halogens is 1. The van der Waals surface area contributed by atoms with Gasteiger partial charge in [-0.2, -0.15) is 0 Å². The molecule has 0 aliphatic carbocycles. The number of hydrogen-bond donors (Lipinski definition) is 1. The zero-order valence-electron chi connectivity index (χ0n) is 16.5. The third-order valence-electron chi connectivity index (χ3n) is 4.33. The summed E-state index contributed by atoms with van der Waals surface area (Å²) in [5, 5.41) is 9.94. The van der Waals surface area contributed by atoms with E-state index in [1.165, 1.54) is 38.1 Å². The number of carbonyl (C=O) groups excluding carboxylic acids is 1. The Morgan fingerprint density at radius 3 is 2.40 bits per heavy atom. The molecular weight excluding hydrogens is 428 g/mol. The van der Waals surface area contributed by atoms with Crippen LogP contribution in [-0.4, -0.2) is 47.8 Å². The number of nitrogens with zero attached hydrogens (tertiary/aromatic N) is 2. The maximum Gasteiger partial charge on any atom is 0.335 e. The average molecular weight is 447 g/mol. The van der Waals surface area contributed by atoms with Gasteiger partial charge in [-0.3, -0.25) is 9.69 Å². The summed E-state index contributed by atoms with van der Waals surface area (Å²) in [6, 6.07) is 9.48. The standard InChI is InChI=1S/C21H19ClN2O5S/c1-4-24-19(25)18(10-13-9-16(28-2)17(29-3)11-15(13)22)30-21(24)23-14-7-5-12(6-8-14)20(26)27/h5-11H,4H2,1-3H3,(H,26,27)/b18-10-,23-21?. The molecule has 30 heavy (non-hydrogen) atoms. The molecule has 3 rings (SSSR count). The second-order valence-corrected chi connectivity index (χ2v) is 7.55. The highest BCUT2D eigenvalue weighted by Crippen LogP contribution is 2.38. The summed E-state index contributed by atoms with van der Waals surface area (Å²) < 4.78 is 10.5. The number of aromatic carboxylic acids is 1. The van der Waals surface area contributed by atoms with Crippen LogP contribution < -0.4 is 9.47 Å². The number of carboxylic acids is 1. The Morgan fingerprint density at radius 1 is 1.20 bits per heavy atom. The van der Waals surface area contributed by atoms with E-state index in [-0.39, 0.29) is 11.5 Å². The van der Waals surface area contributed by atoms with Crippen molar-refractivity contribution in [3.05, 3.63) is 57.5 Å². The number of ether oxygens (including phenoxy) is 2. The van der Waals surface area contributed by atoms with Crippen molar-refractivity contribution in [1.29, 1.82) is 0 Å². The van der Waals surface area contributed by atoms with Gasteiger partial charge >= 0.3 is 5.97 Å². The third-order valence-corrected chi connectivity index (χ3v) is 5.67. The largest absolute Gasteiger partial charge is 0.493 e. The van der Waals surface area contributed by atoms with Gasteiger partial charge in [0, 0.05) is 12.6 Å². The van der Waals surface area contributed by atoms with Gasteiger partial charge < -0.3 is 14.6 Å². The Balaban J connectivity index is 1.95. The molecule has 1 heterocycles. The predicted octanol–water partition coefficient (Wildman–Crippen LogP) is 4.68. The summed E-state index contributed by atoms with van der Waals surface area (Å²) in [7, 11) is 3.05. The summed E-state index contributed by atoms with van der Waals surface area (Å²) in [4.78, 5) is 30.4. The first-order valence-corrected chi connectivity index (χ1v) is 10.1. The van der Waals surface area contributed by atoms with Crippen LogP contribution in [0.3, 0.4) is 0 Å². The summed E-state index contributed by atoms with van der Waals surface area (Å²) >= 11 is 7.57. The van der Waals surface area contributed by atoms with Crippen LogP contribution >= 0.6 is 23.4 Å². The molecule has 1 fully saturated rings. The lowest BCUT2D eigenvalue weighted by Gasteiger charge is -2.12. The highest BCUT2D eigenvalue weighted by Gasteiger charge is 2.32. The van der Waals surface area contributed by atoms with E-state index < -0.39 is 5.97 Å². The lowest BCUT2D eigenvalue weighted by Crippen LogP contribution is -2.28. The van der Waals surface area contributed by atoms with Crippen molar-refractivity contribution in [2.75, 3.05) is 20.8 Å². The van der Waals surface area contributed by atoms with Crippen molar-refractivity contribution in [2.24, 2.45) is 4.99 Å². The molecule has 156 valence electrons. The van der Waals surface area contributed by atoms with Gasteiger partial charge in [0.1, 0.15) is 0 Å². The molecule has 0 radical (unpaired) electrons. The highest BCUT2D eigenvalue weighted by molar-refractivity contribution is 8.18. The van der Waals surface area contributed by atoms with Crippen LogP contribution in [0.4, 0.5) is 5.69 Å². The van der Waals surface area contributed by atoms with Crippen molar-refractivity contribution < 1.29 is 24.2 Å². The maximum absolute atomic E-state index is 12.9. The molecule has 1 N–H and O–H groups in total. The topological polar surface area (TPSA) is 88.4 Å². The number of thioether (sulfide) groups is 1. The monoisotopic (exact) mass is 446 g/mol. The molecule has 0 bridgehead atoms. The van der Waals surface area contributed by atoms with E-state index in [9.17, 15) is 9.59 Å². The second-order valence-electron chi connectivity index (χ2n) is 6.14. The normalized spacial score (nSPS) is 16.4. The maximum atomic E-state index is 12.9. The molecule has 0 saturated carbocycles. The molecule has 0 atom stereocenters. The number of hydrogen-bond acceptors (Lipinski definition) is 6. The zero-order valence-corrected chi connectivity index (χ0v) is 18.1. The third kappa shape index (κ3) is 4.44. The Kier molecular flexibility index (Phi) is 6.69. The zero-order chi connectivity index (χ0) is 21.8. The Bertz CT molecular complexity index is 1050. The first-order chi connectivity index (χ1) is 14.4. The van der Waals surface area contributed by atoms with Gasteiger partial charge in [0.05, 0.1) is 35.4 Å². The van der Waals surface area contributed by atoms with E-state index in [4.69, 9.17) is 26.2 Å². The molecule has 1 aliphatic rings. The Morgan fingerprint density at radius 2 is 1.83 bits per heavy atom. The molecular formula is C21H19ClN2O5S. The first kappa shape index (κ1) is 21.7. The molecule has 2 aromatic carbocycles. The first-order valence-electron chi connectivity index (χ1n) is 8.93. The fourth-order valence-electron chi connectivity index (χ4n) is 2.78. The van der Waals surface area contributed by atoms with Gasteiger partial charge in [-0.05, 0) is 60.7 Å². The SMILES string of the molecule is CCN1C(=O)/C(=C/c2cc(OC)c(OC)cc2Cl)SC1=Nc1ccc(C(=O)O)cc1. The molecule has 1 aliphatic heterocycles. The lowest BCUT2D eigenvalue weighted by molar-refractivity contribution is -0.122. The summed E-state index contributed by atoms with van der Waals surface area (Å²) in [6.07, 6.45) is 1.69. The highest BCUT2D eigenvalue weighted by atomic mass is 35.5. The van der Waals surface area contributed by atoms with Crippen LogP contribution in [0.2, 0.25) is 5.02 Å². The van der Waals surface area contributed by atoms with Gasteiger partial charge in [-0.25, -0.2) is 9.79 Å². The molecule has 2 aromatic rings. The summed E-state index contributed by atoms with van der Waals surface area (Å²) in [5.41, 5.74) is 1.34. The van der Waals surface area contributed by atoms with Crippen LogP contribution in [0.25, 0.3) is 6.08 Å². The van der Waals surface area contributed by atoms with Crippen LogP contribution in [-0.2, 0) is 4.79 Å². The number of likely N-dealkylation sites (N-methyl/N-ethyl adjacent to an activating group) is 1. The number of aliphatic imine (C=N–C) groups is 1. The van der Waals surface area contributed by atoms with Crippen LogP contribution in [0, 0.1) is 0 Å². The van der Waals surface area contributed by atoms with E-state index in [0.717, 1.165) is 0 Å². The Labute approximate surface area is 183 Å². The number of carboxylic acid groups (broad SMARTS) is 1. The van der Waals surface area contributed by atoms with Gasteiger partial charge in [-0.1, -0.05) is 11.6 Å². The quantitative estimate of drug-likeness (QED) is 0.648. The van der Waals surface area contributed by atoms with Gasteiger partial charge in [0.15, 0.2) is 16.7 Å². The van der Waals surface area contributed by atoms with Crippen molar-refractivity contribution in [3.8, 4) is 11.5 Å². The van der Waals surface area contributed by atoms with Crippen molar-refractivity contribution in [2.45, 2.75) is 6.92 Å². The van der Waals surface area contributed by atoms with E-state index in [2.05, 4.69) is 4.99 Å². The average Bonchev–Trinajstić information content (AvgIpc) is 3.03. The van der Waals surface area contributed by atoms with Crippen LogP contribution in [0.1, 0.15) is 22.8 Å². The lowest BCUT2D eigenvalue weighted by atomic mass is 10.1. The predicted molar refractivity (Wildman–Crippen MR) is 118 cm³/mol. The van der Waals surface area contributed by atoms with E-state index in [1.807, 2.05) is 6.92 Å². The van der Waals surface area contributed by atoms with Crippen molar-refractivity contribution in [1.82, 2.24) is 4.90 Å². The van der Waals surface area contributed by atoms with E-state index in [0.29, 0.717) is 44.4 Å². The van der Waals surface area contributed by atoms with Crippen LogP contribution in [0.15, 0.2) is 46.3 Å². The van der Waals surface area contributed by atoms with Crippen molar-refractivity contribution in [3.63, 3.8) is 0 Å². The molecule has 9 heteroatoms. The van der Waals surface area contributed by atoms with E-state index >= 15 is 0 Å². The summed E-state index contributed by atoms with van der Waals surface area (Å²) in [6.45, 7) is 2.29. The fourth-order valence-corrected chi connectivity index (χ4v) is 4.04. The Hall–Kier alpha value is -2.97. The molecule has 0 aromatic heterocycles. The number of amidine groups is 1. The summed E-state index contributed by atoms with van der Waals surface area (Å²) in [5.74, 6) is -0.192. The molecule has 0 unspecified atom stereocenters. The van der Waals surface area contributed by atoms with E-state index in [1.54, 1.807) is 35.2 Å². The number of methoxy groups -OCH3 is 2. The second kappa shape index (κ2) is 9.23.